The van der Waals surface area contributed by atoms with Gasteiger partial charge < -0.3 is 5.21 Å². The summed E-state index contributed by atoms with van der Waals surface area (Å²) in [6.45, 7) is 0. The van der Waals surface area contributed by atoms with Gasteiger partial charge in [-0.05, 0) is 0 Å². The highest BCUT2D eigenvalue weighted by Crippen LogP contribution is 2.17. The molecule has 0 saturated heterocycles. The Labute approximate surface area is 91.6 Å². The van der Waals surface area contributed by atoms with E-state index in [0.717, 1.165) is 11.8 Å². The van der Waals surface area contributed by atoms with Crippen molar-refractivity contribution >= 4 is 6.21 Å². The number of nitrogens with one attached hydrogen (secondary N) is 1. The standard InChI is InChI=1S/C11H11N3O2/c1-14-11(15)9(7-12-16)10(13-14)8-5-3-2-4-6-8/h2-7,13,16H,1H3/b12-7-. The van der Waals surface area contributed by atoms with Crippen LogP contribution in [0.2, 0.25) is 0 Å². The summed E-state index contributed by atoms with van der Waals surface area (Å²) >= 11 is 0. The molecule has 2 aromatic rings. The van der Waals surface area contributed by atoms with E-state index in [2.05, 4.69) is 10.3 Å². The fourth-order valence-corrected chi connectivity index (χ4v) is 1.57. The predicted octanol–water partition coefficient (Wildman–Crippen LogP) is 1.19. The lowest BCUT2D eigenvalue weighted by atomic mass is 10.1. The van der Waals surface area contributed by atoms with E-state index < -0.39 is 0 Å². The van der Waals surface area contributed by atoms with E-state index in [1.54, 1.807) is 7.05 Å². The molecular formula is C11H11N3O2. The first-order valence-electron chi connectivity index (χ1n) is 4.76. The van der Waals surface area contributed by atoms with Crippen LogP contribution in [0.1, 0.15) is 5.56 Å². The number of hydrogen-bond acceptors (Lipinski definition) is 3. The van der Waals surface area contributed by atoms with Gasteiger partial charge in [0.15, 0.2) is 0 Å². The molecule has 0 aliphatic heterocycles. The van der Waals surface area contributed by atoms with E-state index in [9.17, 15) is 4.79 Å². The number of benzene rings is 1. The summed E-state index contributed by atoms with van der Waals surface area (Å²) in [6.07, 6.45) is 1.14. The fourth-order valence-electron chi connectivity index (χ4n) is 1.57. The molecule has 16 heavy (non-hydrogen) atoms. The van der Waals surface area contributed by atoms with Crippen molar-refractivity contribution in [1.82, 2.24) is 9.78 Å². The van der Waals surface area contributed by atoms with Crippen molar-refractivity contribution < 1.29 is 5.21 Å². The number of nitrogens with zero attached hydrogens (tertiary/aromatic N) is 2. The lowest BCUT2D eigenvalue weighted by Crippen LogP contribution is -2.14. The Bertz CT molecular complexity index is 567. The molecule has 1 aromatic carbocycles. The summed E-state index contributed by atoms with van der Waals surface area (Å²) in [5.74, 6) is 0. The second-order valence-electron chi connectivity index (χ2n) is 3.38. The van der Waals surface area contributed by atoms with Gasteiger partial charge in [-0.3, -0.25) is 14.6 Å². The van der Waals surface area contributed by atoms with Crippen LogP contribution in [0.3, 0.4) is 0 Å². The minimum Gasteiger partial charge on any atom is -0.411 e. The van der Waals surface area contributed by atoms with Crippen LogP contribution < -0.4 is 5.56 Å². The molecule has 2 rings (SSSR count). The molecule has 5 heteroatoms. The van der Waals surface area contributed by atoms with E-state index in [1.807, 2.05) is 30.3 Å². The summed E-state index contributed by atoms with van der Waals surface area (Å²) in [5, 5.41) is 14.4. The van der Waals surface area contributed by atoms with Crippen LogP contribution in [0, 0.1) is 0 Å². The van der Waals surface area contributed by atoms with E-state index in [4.69, 9.17) is 5.21 Å². The van der Waals surface area contributed by atoms with Gasteiger partial charge in [-0.2, -0.15) is 0 Å². The van der Waals surface area contributed by atoms with Crippen molar-refractivity contribution in [2.45, 2.75) is 0 Å². The second-order valence-corrected chi connectivity index (χ2v) is 3.38. The topological polar surface area (TPSA) is 70.4 Å². The van der Waals surface area contributed by atoms with Gasteiger partial charge in [-0.25, -0.2) is 0 Å². The first-order valence-corrected chi connectivity index (χ1v) is 4.76. The minimum absolute atomic E-state index is 0.225. The van der Waals surface area contributed by atoms with Crippen LogP contribution in [0.25, 0.3) is 11.3 Å². The van der Waals surface area contributed by atoms with Crippen LogP contribution in [-0.4, -0.2) is 21.2 Å². The molecule has 1 heterocycles. The van der Waals surface area contributed by atoms with Gasteiger partial charge in [-0.1, -0.05) is 35.5 Å². The van der Waals surface area contributed by atoms with Crippen LogP contribution in [0.15, 0.2) is 40.3 Å². The second kappa shape index (κ2) is 4.06. The summed E-state index contributed by atoms with van der Waals surface area (Å²) < 4.78 is 1.35. The van der Waals surface area contributed by atoms with E-state index in [0.29, 0.717) is 11.3 Å². The van der Waals surface area contributed by atoms with Crippen LogP contribution >= 0.6 is 0 Å². The van der Waals surface area contributed by atoms with Gasteiger partial charge in [0.25, 0.3) is 5.56 Å². The van der Waals surface area contributed by atoms with Crippen LogP contribution in [0.5, 0.6) is 0 Å². The van der Waals surface area contributed by atoms with Crippen LogP contribution in [0.4, 0.5) is 0 Å². The lowest BCUT2D eigenvalue weighted by Gasteiger charge is -1.97. The Balaban J connectivity index is 2.66. The summed E-state index contributed by atoms with van der Waals surface area (Å²) in [6, 6.07) is 9.39. The summed E-state index contributed by atoms with van der Waals surface area (Å²) in [7, 11) is 1.61. The van der Waals surface area contributed by atoms with Gasteiger partial charge in [0.1, 0.15) is 0 Å². The summed E-state index contributed by atoms with van der Waals surface area (Å²) in [5.41, 5.74) is 1.63. The SMILES string of the molecule is Cn1[nH]c(-c2ccccc2)c(/C=N\O)c1=O. The smallest absolute Gasteiger partial charge is 0.275 e. The number of hydrogen-bond donors (Lipinski definition) is 2. The number of aryl methyl sites for hydroxylation is 1. The Hall–Kier alpha value is -2.30. The van der Waals surface area contributed by atoms with E-state index in [-0.39, 0.29) is 5.56 Å². The number of oxime groups is 1. The Kier molecular flexibility index (Phi) is 2.59. The molecule has 82 valence electrons. The van der Waals surface area contributed by atoms with Crippen molar-refractivity contribution in [3.8, 4) is 11.3 Å². The average Bonchev–Trinajstić information content (AvgIpc) is 2.59. The zero-order valence-electron chi connectivity index (χ0n) is 8.71. The maximum absolute atomic E-state index is 11.7. The minimum atomic E-state index is -0.225. The lowest BCUT2D eigenvalue weighted by molar-refractivity contribution is 0.322. The highest BCUT2D eigenvalue weighted by molar-refractivity contribution is 5.88. The molecule has 0 saturated carbocycles. The van der Waals surface area contributed by atoms with Gasteiger partial charge >= 0.3 is 0 Å². The highest BCUT2D eigenvalue weighted by Gasteiger charge is 2.11. The Morgan fingerprint density at radius 3 is 2.69 bits per heavy atom. The van der Waals surface area contributed by atoms with Crippen molar-refractivity contribution in [2.24, 2.45) is 12.2 Å². The molecule has 0 aliphatic rings. The van der Waals surface area contributed by atoms with Crippen molar-refractivity contribution in [3.05, 3.63) is 46.2 Å². The normalized spacial score (nSPS) is 11.1. The Morgan fingerprint density at radius 1 is 1.38 bits per heavy atom. The average molecular weight is 217 g/mol. The largest absolute Gasteiger partial charge is 0.411 e. The quantitative estimate of drug-likeness (QED) is 0.450. The third-order valence-corrected chi connectivity index (χ3v) is 2.33. The Morgan fingerprint density at radius 2 is 2.06 bits per heavy atom. The molecule has 1 aromatic heterocycles. The zero-order valence-corrected chi connectivity index (χ0v) is 8.71. The molecule has 5 nitrogen and oxygen atoms in total. The first kappa shape index (κ1) is 10.2. The predicted molar refractivity (Wildman–Crippen MR) is 60.9 cm³/mol. The zero-order chi connectivity index (χ0) is 11.5. The maximum atomic E-state index is 11.7. The molecular weight excluding hydrogens is 206 g/mol. The highest BCUT2D eigenvalue weighted by atomic mass is 16.4. The molecule has 0 aliphatic carbocycles. The van der Waals surface area contributed by atoms with E-state index in [1.165, 1.54) is 4.68 Å². The first-order chi connectivity index (χ1) is 7.74. The van der Waals surface area contributed by atoms with Crippen molar-refractivity contribution in [2.75, 3.05) is 0 Å². The van der Waals surface area contributed by atoms with Crippen LogP contribution in [-0.2, 0) is 7.05 Å². The van der Waals surface area contributed by atoms with Gasteiger partial charge in [0, 0.05) is 12.6 Å². The molecule has 0 unspecified atom stereocenters. The van der Waals surface area contributed by atoms with Crippen molar-refractivity contribution in [1.29, 1.82) is 0 Å². The molecule has 0 radical (unpaired) electrons. The third kappa shape index (κ3) is 1.63. The molecule has 2 N–H and O–H groups in total. The number of aromatic nitrogens is 2. The number of rotatable bonds is 2. The molecule has 0 amide bonds. The molecule has 0 spiro atoms. The van der Waals surface area contributed by atoms with Gasteiger partial charge in [-0.15, -0.1) is 0 Å². The molecule has 0 atom stereocenters. The van der Waals surface area contributed by atoms with Gasteiger partial charge in [0.2, 0.25) is 0 Å². The molecule has 0 fully saturated rings. The number of aromatic amines is 1. The van der Waals surface area contributed by atoms with Crippen molar-refractivity contribution in [3.63, 3.8) is 0 Å². The van der Waals surface area contributed by atoms with Gasteiger partial charge in [0.05, 0.1) is 17.5 Å². The third-order valence-electron chi connectivity index (χ3n) is 2.33. The fraction of sp³-hybridized carbons (Fsp3) is 0.0909. The monoisotopic (exact) mass is 217 g/mol. The summed E-state index contributed by atoms with van der Waals surface area (Å²) in [4.78, 5) is 11.7. The maximum Gasteiger partial charge on any atom is 0.275 e. The van der Waals surface area contributed by atoms with E-state index >= 15 is 0 Å². The molecule has 0 bridgehead atoms. The number of H-pyrrole nitrogens is 1.